The van der Waals surface area contributed by atoms with Crippen LogP contribution in [0.15, 0.2) is 54.2 Å². The van der Waals surface area contributed by atoms with E-state index in [-0.39, 0.29) is 6.10 Å². The number of hydrogen-bond donors (Lipinski definition) is 2. The third-order valence-corrected chi connectivity index (χ3v) is 3.03. The van der Waals surface area contributed by atoms with Crippen molar-refractivity contribution in [2.75, 3.05) is 20.7 Å². The summed E-state index contributed by atoms with van der Waals surface area (Å²) in [6, 6.07) is 11.2. The van der Waals surface area contributed by atoms with E-state index < -0.39 is 0 Å². The number of para-hydroxylation sites is 1. The van der Waals surface area contributed by atoms with Gasteiger partial charge in [0.25, 0.3) is 0 Å². The van der Waals surface area contributed by atoms with Gasteiger partial charge < -0.3 is 19.9 Å². The molecule has 1 unspecified atom stereocenters. The Kier molecular flexibility index (Phi) is 8.92. The van der Waals surface area contributed by atoms with Gasteiger partial charge in [0.15, 0.2) is 0 Å². The lowest BCUT2D eigenvalue weighted by atomic mass is 10.2. The molecule has 25 heavy (non-hydrogen) atoms. The Hall–Kier alpha value is -2.70. The normalized spacial score (nSPS) is 10.9. The second-order valence-electron chi connectivity index (χ2n) is 5.12. The molecule has 0 aliphatic rings. The zero-order valence-electron chi connectivity index (χ0n) is 14.9. The highest BCUT2D eigenvalue weighted by atomic mass is 16.5. The number of aliphatic imine (C=N–C) groups is 1. The van der Waals surface area contributed by atoms with E-state index in [2.05, 4.69) is 28.6 Å². The Morgan fingerprint density at radius 2 is 2.00 bits per heavy atom. The van der Waals surface area contributed by atoms with Gasteiger partial charge in [-0.15, -0.1) is 0 Å². The molecule has 1 atom stereocenters. The first-order valence-electron chi connectivity index (χ1n) is 7.78. The molecule has 6 heteroatoms. The van der Waals surface area contributed by atoms with E-state index >= 15 is 0 Å². The fourth-order valence-corrected chi connectivity index (χ4v) is 1.94. The highest BCUT2D eigenvalue weighted by Crippen LogP contribution is 2.33. The molecule has 2 aromatic rings. The van der Waals surface area contributed by atoms with Crippen molar-refractivity contribution in [1.29, 1.82) is 0 Å². The number of aliphatic hydroxyl groups is 1. The monoisotopic (exact) mass is 343 g/mol. The summed E-state index contributed by atoms with van der Waals surface area (Å²) in [5.41, 5.74) is 1.22. The molecule has 0 spiro atoms. The molecular weight excluding hydrogens is 318 g/mol. The van der Waals surface area contributed by atoms with Gasteiger partial charge in [0.05, 0.1) is 13.2 Å². The van der Waals surface area contributed by atoms with E-state index in [4.69, 9.17) is 14.6 Å². The molecule has 1 aromatic heterocycles. The van der Waals surface area contributed by atoms with Crippen LogP contribution >= 0.6 is 0 Å². The summed E-state index contributed by atoms with van der Waals surface area (Å²) < 4.78 is 10.8. The van der Waals surface area contributed by atoms with Gasteiger partial charge in [0.2, 0.25) is 5.88 Å². The highest BCUT2D eigenvalue weighted by molar-refractivity contribution is 5.74. The highest BCUT2D eigenvalue weighted by Gasteiger charge is 2.13. The van der Waals surface area contributed by atoms with Crippen molar-refractivity contribution >= 4 is 18.2 Å². The first-order valence-corrected chi connectivity index (χ1v) is 7.78. The molecule has 0 amide bonds. The standard InChI is InChI=1S/C15H14N2O2.C4H11NO/c1-11(19-12-7-5-4-6-8-12)13-9-10-17-15(18-3)14(13)16-2;1-4(6)3-5-2/h4-10H,1-2H2,3H3;4-6H,3H2,1-2H3. The van der Waals surface area contributed by atoms with Crippen molar-refractivity contribution < 1.29 is 14.6 Å². The molecule has 134 valence electrons. The van der Waals surface area contributed by atoms with Crippen LogP contribution in [0.4, 0.5) is 5.69 Å². The molecule has 0 bridgehead atoms. The molecule has 0 saturated carbocycles. The van der Waals surface area contributed by atoms with Crippen molar-refractivity contribution in [3.05, 3.63) is 54.7 Å². The van der Waals surface area contributed by atoms with Gasteiger partial charge in [-0.2, -0.15) is 0 Å². The molecule has 0 aliphatic carbocycles. The minimum absolute atomic E-state index is 0.213. The van der Waals surface area contributed by atoms with Gasteiger partial charge in [-0.1, -0.05) is 24.8 Å². The maximum Gasteiger partial charge on any atom is 0.240 e. The van der Waals surface area contributed by atoms with E-state index in [1.807, 2.05) is 37.4 Å². The number of nitrogens with one attached hydrogen (secondary N) is 1. The summed E-state index contributed by atoms with van der Waals surface area (Å²) in [6.45, 7) is 9.86. The number of rotatable bonds is 7. The molecule has 2 rings (SSSR count). The smallest absolute Gasteiger partial charge is 0.240 e. The second-order valence-corrected chi connectivity index (χ2v) is 5.12. The van der Waals surface area contributed by atoms with Crippen molar-refractivity contribution in [2.45, 2.75) is 13.0 Å². The van der Waals surface area contributed by atoms with Crippen LogP contribution in [0.3, 0.4) is 0 Å². The first-order chi connectivity index (χ1) is 12.0. The van der Waals surface area contributed by atoms with Crippen molar-refractivity contribution in [3.63, 3.8) is 0 Å². The quantitative estimate of drug-likeness (QED) is 0.597. The van der Waals surface area contributed by atoms with E-state index in [0.29, 0.717) is 35.2 Å². The number of likely N-dealkylation sites (N-methyl/N-ethyl adjacent to an activating group) is 1. The molecule has 0 radical (unpaired) electrons. The fraction of sp³-hybridized carbons (Fsp3) is 0.263. The van der Waals surface area contributed by atoms with Gasteiger partial charge >= 0.3 is 0 Å². The molecule has 0 fully saturated rings. The lowest BCUT2D eigenvalue weighted by Gasteiger charge is -2.12. The summed E-state index contributed by atoms with van der Waals surface area (Å²) in [4.78, 5) is 7.99. The van der Waals surface area contributed by atoms with Crippen LogP contribution in [0.2, 0.25) is 0 Å². The third kappa shape index (κ3) is 6.74. The number of benzene rings is 1. The Balaban J connectivity index is 0.000000450. The van der Waals surface area contributed by atoms with Crippen LogP contribution in [0, 0.1) is 0 Å². The van der Waals surface area contributed by atoms with Gasteiger partial charge in [0.1, 0.15) is 17.2 Å². The van der Waals surface area contributed by atoms with Crippen LogP contribution in [0.5, 0.6) is 11.6 Å². The van der Waals surface area contributed by atoms with Crippen molar-refractivity contribution in [1.82, 2.24) is 10.3 Å². The van der Waals surface area contributed by atoms with Crippen LogP contribution in [0.1, 0.15) is 12.5 Å². The van der Waals surface area contributed by atoms with Crippen LogP contribution in [-0.4, -0.2) is 43.6 Å². The summed E-state index contributed by atoms with van der Waals surface area (Å²) in [6.07, 6.45) is 1.40. The zero-order chi connectivity index (χ0) is 18.7. The topological polar surface area (TPSA) is 76.0 Å². The largest absolute Gasteiger partial charge is 0.479 e. The summed E-state index contributed by atoms with van der Waals surface area (Å²) in [5.74, 6) is 1.57. The predicted molar refractivity (Wildman–Crippen MR) is 102 cm³/mol. The Bertz CT molecular complexity index is 673. The Morgan fingerprint density at radius 1 is 1.32 bits per heavy atom. The minimum atomic E-state index is -0.213. The molecular formula is C19H25N3O3. The minimum Gasteiger partial charge on any atom is -0.479 e. The van der Waals surface area contributed by atoms with Gasteiger partial charge in [-0.05, 0) is 38.9 Å². The molecule has 0 aliphatic heterocycles. The number of hydrogen-bond acceptors (Lipinski definition) is 6. The predicted octanol–water partition coefficient (Wildman–Crippen LogP) is 3.06. The molecule has 6 nitrogen and oxygen atoms in total. The van der Waals surface area contributed by atoms with Crippen LogP contribution in [-0.2, 0) is 0 Å². The number of pyridine rings is 1. The van der Waals surface area contributed by atoms with E-state index in [0.717, 1.165) is 0 Å². The van der Waals surface area contributed by atoms with Crippen molar-refractivity contribution in [3.8, 4) is 11.6 Å². The molecule has 2 N–H and O–H groups in total. The lowest BCUT2D eigenvalue weighted by molar-refractivity contribution is 0.194. The number of methoxy groups -OCH3 is 1. The van der Waals surface area contributed by atoms with E-state index in [1.54, 1.807) is 19.2 Å². The molecule has 0 saturated heterocycles. The Labute approximate surface area is 148 Å². The van der Waals surface area contributed by atoms with Gasteiger partial charge in [-0.25, -0.2) is 4.98 Å². The summed E-state index contributed by atoms with van der Waals surface area (Å²) >= 11 is 0. The number of aliphatic hydroxyl groups excluding tert-OH is 1. The number of aromatic nitrogens is 1. The number of ether oxygens (including phenoxy) is 2. The van der Waals surface area contributed by atoms with Gasteiger partial charge in [-0.3, -0.25) is 4.99 Å². The summed E-state index contributed by atoms with van der Waals surface area (Å²) in [5, 5.41) is 11.3. The maximum atomic E-state index is 8.49. The van der Waals surface area contributed by atoms with Gasteiger partial charge in [0, 0.05) is 18.3 Å². The second kappa shape index (κ2) is 11.0. The van der Waals surface area contributed by atoms with Crippen LogP contribution in [0.25, 0.3) is 5.76 Å². The summed E-state index contributed by atoms with van der Waals surface area (Å²) in [7, 11) is 3.34. The maximum absolute atomic E-state index is 8.49. The fourth-order valence-electron chi connectivity index (χ4n) is 1.94. The number of nitrogens with zero attached hydrogens (tertiary/aromatic N) is 2. The zero-order valence-corrected chi connectivity index (χ0v) is 14.9. The Morgan fingerprint density at radius 3 is 2.48 bits per heavy atom. The molecule has 1 heterocycles. The van der Waals surface area contributed by atoms with Crippen molar-refractivity contribution in [2.24, 2.45) is 4.99 Å². The average molecular weight is 343 g/mol. The van der Waals surface area contributed by atoms with Crippen LogP contribution < -0.4 is 14.8 Å². The lowest BCUT2D eigenvalue weighted by Crippen LogP contribution is -2.19. The first kappa shape index (κ1) is 20.3. The van der Waals surface area contributed by atoms with E-state index in [1.165, 1.54) is 7.11 Å². The average Bonchev–Trinajstić information content (AvgIpc) is 2.62. The SMILES string of the molecule is C=Nc1c(C(=C)Oc2ccccc2)ccnc1OC.CNCC(C)O. The van der Waals surface area contributed by atoms with E-state index in [9.17, 15) is 0 Å². The molecule has 1 aromatic carbocycles. The third-order valence-electron chi connectivity index (χ3n) is 3.03.